The molecule has 0 saturated carbocycles. The third-order valence-corrected chi connectivity index (χ3v) is 3.39. The van der Waals surface area contributed by atoms with Gasteiger partial charge in [0.05, 0.1) is 0 Å². The lowest BCUT2D eigenvalue weighted by Gasteiger charge is -2.15. The molecule has 1 unspecified atom stereocenters. The van der Waals surface area contributed by atoms with E-state index in [0.717, 1.165) is 5.56 Å². The van der Waals surface area contributed by atoms with Gasteiger partial charge in [0.1, 0.15) is 6.61 Å². The van der Waals surface area contributed by atoms with Crippen LogP contribution in [0.4, 0.5) is 13.2 Å². The Morgan fingerprint density at radius 1 is 1.22 bits per heavy atom. The molecule has 1 nitrogen and oxygen atoms in total. The summed E-state index contributed by atoms with van der Waals surface area (Å²) >= 11 is 3.38. The van der Waals surface area contributed by atoms with Crippen LogP contribution in [0.25, 0.3) is 0 Å². The van der Waals surface area contributed by atoms with E-state index in [4.69, 9.17) is 0 Å². The van der Waals surface area contributed by atoms with Crippen molar-refractivity contribution in [2.45, 2.75) is 25.4 Å². The van der Waals surface area contributed by atoms with E-state index < -0.39 is 12.8 Å². The molecule has 0 aliphatic rings. The quantitative estimate of drug-likeness (QED) is 0.555. The van der Waals surface area contributed by atoms with Gasteiger partial charge in [0.15, 0.2) is 0 Å². The summed E-state index contributed by atoms with van der Waals surface area (Å²) in [6, 6.07) is 8.01. The van der Waals surface area contributed by atoms with E-state index in [-0.39, 0.29) is 12.5 Å². The van der Waals surface area contributed by atoms with Crippen molar-refractivity contribution in [3.63, 3.8) is 0 Å². The molecule has 1 aromatic carbocycles. The van der Waals surface area contributed by atoms with Crippen molar-refractivity contribution in [2.75, 3.05) is 18.5 Å². The maximum atomic E-state index is 11.9. The summed E-state index contributed by atoms with van der Waals surface area (Å²) in [4.78, 5) is 0. The fourth-order valence-electron chi connectivity index (χ4n) is 1.59. The van der Waals surface area contributed by atoms with Gasteiger partial charge in [-0.2, -0.15) is 13.2 Å². The molecule has 0 aliphatic carbocycles. The Labute approximate surface area is 113 Å². The van der Waals surface area contributed by atoms with Crippen molar-refractivity contribution in [3.8, 4) is 0 Å². The Kier molecular flexibility index (Phi) is 6.15. The van der Waals surface area contributed by atoms with Crippen LogP contribution in [0, 0.1) is 6.92 Å². The highest BCUT2D eigenvalue weighted by Gasteiger charge is 2.27. The van der Waals surface area contributed by atoms with E-state index in [1.165, 1.54) is 5.56 Å². The van der Waals surface area contributed by atoms with Gasteiger partial charge in [-0.15, -0.1) is 0 Å². The monoisotopic (exact) mass is 324 g/mol. The van der Waals surface area contributed by atoms with E-state index in [2.05, 4.69) is 20.7 Å². The van der Waals surface area contributed by atoms with Crippen molar-refractivity contribution in [2.24, 2.45) is 0 Å². The highest BCUT2D eigenvalue weighted by atomic mass is 79.9. The molecule has 1 aromatic rings. The van der Waals surface area contributed by atoms with Gasteiger partial charge in [-0.3, -0.25) is 0 Å². The molecule has 0 radical (unpaired) electrons. The summed E-state index contributed by atoms with van der Waals surface area (Å²) in [5.74, 6) is 0.179. The molecule has 0 bridgehead atoms. The third-order valence-electron chi connectivity index (χ3n) is 2.61. The molecule has 0 heterocycles. The smallest absolute Gasteiger partial charge is 0.372 e. The van der Waals surface area contributed by atoms with Gasteiger partial charge >= 0.3 is 6.18 Å². The van der Waals surface area contributed by atoms with E-state index in [1.807, 2.05) is 31.2 Å². The molecular formula is C13H16BrF3O. The second kappa shape index (κ2) is 7.14. The van der Waals surface area contributed by atoms with Gasteiger partial charge in [0.25, 0.3) is 0 Å². The second-order valence-electron chi connectivity index (χ2n) is 4.22. The number of ether oxygens (including phenoxy) is 1. The number of benzene rings is 1. The first-order valence-electron chi connectivity index (χ1n) is 5.69. The normalized spacial score (nSPS) is 13.6. The molecule has 0 N–H and O–H groups in total. The predicted molar refractivity (Wildman–Crippen MR) is 69.2 cm³/mol. The maximum absolute atomic E-state index is 11.9. The number of hydrogen-bond donors (Lipinski definition) is 0. The van der Waals surface area contributed by atoms with Crippen LogP contribution in [0.2, 0.25) is 0 Å². The molecule has 0 fully saturated rings. The van der Waals surface area contributed by atoms with Crippen molar-refractivity contribution < 1.29 is 17.9 Å². The lowest BCUT2D eigenvalue weighted by atomic mass is 9.97. The molecule has 0 aliphatic heterocycles. The van der Waals surface area contributed by atoms with Crippen LogP contribution in [0.3, 0.4) is 0 Å². The number of halogens is 4. The van der Waals surface area contributed by atoms with Gasteiger partial charge in [0.2, 0.25) is 0 Å². The maximum Gasteiger partial charge on any atom is 0.411 e. The molecule has 0 aromatic heterocycles. The standard InChI is InChI=1S/C13H16BrF3O/c1-10-2-4-11(5-3-10)12(8-14)6-7-18-9-13(15,16)17/h2-5,12H,6-9H2,1H3. The van der Waals surface area contributed by atoms with Gasteiger partial charge in [-0.25, -0.2) is 0 Å². The van der Waals surface area contributed by atoms with Gasteiger partial charge in [-0.05, 0) is 24.8 Å². The van der Waals surface area contributed by atoms with Crippen molar-refractivity contribution >= 4 is 15.9 Å². The molecule has 102 valence electrons. The Balaban J connectivity index is 2.40. The topological polar surface area (TPSA) is 9.23 Å². The number of aryl methyl sites for hydroxylation is 1. The Hall–Kier alpha value is -0.550. The van der Waals surface area contributed by atoms with Crippen LogP contribution in [0.5, 0.6) is 0 Å². The molecule has 1 rings (SSSR count). The molecule has 0 amide bonds. The second-order valence-corrected chi connectivity index (χ2v) is 4.87. The fraction of sp³-hybridized carbons (Fsp3) is 0.538. The lowest BCUT2D eigenvalue weighted by Crippen LogP contribution is -2.18. The zero-order chi connectivity index (χ0) is 13.6. The average molecular weight is 325 g/mol. The minimum atomic E-state index is -4.24. The molecular weight excluding hydrogens is 309 g/mol. The minimum Gasteiger partial charge on any atom is -0.372 e. The Morgan fingerprint density at radius 3 is 2.33 bits per heavy atom. The van der Waals surface area contributed by atoms with Crippen molar-refractivity contribution in [1.82, 2.24) is 0 Å². The SMILES string of the molecule is Cc1ccc(C(CBr)CCOCC(F)(F)F)cc1. The predicted octanol–water partition coefficient (Wildman–Crippen LogP) is 4.44. The van der Waals surface area contributed by atoms with Crippen LogP contribution < -0.4 is 0 Å². The number of hydrogen-bond acceptors (Lipinski definition) is 1. The van der Waals surface area contributed by atoms with Crippen LogP contribution in [-0.4, -0.2) is 24.7 Å². The van der Waals surface area contributed by atoms with Crippen molar-refractivity contribution in [3.05, 3.63) is 35.4 Å². The summed E-state index contributed by atoms with van der Waals surface area (Å²) in [5, 5.41) is 0.714. The van der Waals surface area contributed by atoms with Crippen LogP contribution in [-0.2, 0) is 4.74 Å². The largest absolute Gasteiger partial charge is 0.411 e. The Morgan fingerprint density at radius 2 is 1.83 bits per heavy atom. The minimum absolute atomic E-state index is 0.115. The van der Waals surface area contributed by atoms with Crippen molar-refractivity contribution in [1.29, 1.82) is 0 Å². The summed E-state index contributed by atoms with van der Waals surface area (Å²) in [6.07, 6.45) is -3.67. The zero-order valence-electron chi connectivity index (χ0n) is 10.1. The van der Waals surface area contributed by atoms with E-state index >= 15 is 0 Å². The van der Waals surface area contributed by atoms with E-state index in [1.54, 1.807) is 0 Å². The van der Waals surface area contributed by atoms with Crippen LogP contribution >= 0.6 is 15.9 Å². The molecule has 0 saturated heterocycles. The summed E-state index contributed by atoms with van der Waals surface area (Å²) in [7, 11) is 0. The molecule has 18 heavy (non-hydrogen) atoms. The molecule has 1 atom stereocenters. The van der Waals surface area contributed by atoms with Crippen LogP contribution in [0.1, 0.15) is 23.5 Å². The van der Waals surface area contributed by atoms with E-state index in [0.29, 0.717) is 11.8 Å². The molecule has 0 spiro atoms. The number of alkyl halides is 4. The lowest BCUT2D eigenvalue weighted by molar-refractivity contribution is -0.174. The summed E-state index contributed by atoms with van der Waals surface area (Å²) < 4.78 is 40.3. The first-order chi connectivity index (χ1) is 8.42. The van der Waals surface area contributed by atoms with Gasteiger partial charge in [0, 0.05) is 11.9 Å². The summed E-state index contributed by atoms with van der Waals surface area (Å²) in [5.41, 5.74) is 2.29. The zero-order valence-corrected chi connectivity index (χ0v) is 11.7. The number of rotatable bonds is 6. The van der Waals surface area contributed by atoms with Crippen LogP contribution in [0.15, 0.2) is 24.3 Å². The Bertz CT molecular complexity index is 348. The highest BCUT2D eigenvalue weighted by Crippen LogP contribution is 2.23. The summed E-state index contributed by atoms with van der Waals surface area (Å²) in [6.45, 7) is 0.943. The highest BCUT2D eigenvalue weighted by molar-refractivity contribution is 9.09. The first-order valence-corrected chi connectivity index (χ1v) is 6.81. The fourth-order valence-corrected chi connectivity index (χ4v) is 2.28. The first kappa shape index (κ1) is 15.5. The van der Waals surface area contributed by atoms with Gasteiger partial charge in [-0.1, -0.05) is 45.8 Å². The van der Waals surface area contributed by atoms with Gasteiger partial charge < -0.3 is 4.74 Å². The third kappa shape index (κ3) is 5.87. The average Bonchev–Trinajstić information content (AvgIpc) is 2.29. The molecule has 5 heteroatoms. The van der Waals surface area contributed by atoms with E-state index in [9.17, 15) is 13.2 Å².